The van der Waals surface area contributed by atoms with Crippen LogP contribution in [0.1, 0.15) is 39.2 Å². The molecule has 1 aromatic rings. The summed E-state index contributed by atoms with van der Waals surface area (Å²) in [6.07, 6.45) is 1.97. The van der Waals surface area contributed by atoms with E-state index in [1.54, 1.807) is 23.1 Å². The standard InChI is InChI=1S/C18H28N2O5S/c1-4-26(22,23)25-16-8-5-7-15(11-16)12-20(18(21)19-14(2)3)13-17-9-6-10-24-17/h5,7-8,11,14,17H,4,6,9-10,12-13H2,1-3H3,(H,19,21)/t17-/m1/s1. The van der Waals surface area contributed by atoms with Gasteiger partial charge in [0.15, 0.2) is 0 Å². The molecule has 1 fully saturated rings. The highest BCUT2D eigenvalue weighted by Gasteiger charge is 2.23. The van der Waals surface area contributed by atoms with Gasteiger partial charge in [0.05, 0.1) is 11.9 Å². The minimum atomic E-state index is -3.58. The van der Waals surface area contributed by atoms with Crippen molar-refractivity contribution in [3.05, 3.63) is 29.8 Å². The molecule has 146 valence electrons. The summed E-state index contributed by atoms with van der Waals surface area (Å²) >= 11 is 0. The number of rotatable bonds is 8. The van der Waals surface area contributed by atoms with Crippen LogP contribution in [0.2, 0.25) is 0 Å². The third-order valence-electron chi connectivity index (χ3n) is 4.00. The fourth-order valence-electron chi connectivity index (χ4n) is 2.71. The first-order chi connectivity index (χ1) is 12.3. The Hall–Kier alpha value is -1.80. The SMILES string of the molecule is CCS(=O)(=O)Oc1cccc(CN(C[C@H]2CCCO2)C(=O)NC(C)C)c1. The average Bonchev–Trinajstić information content (AvgIpc) is 3.06. The van der Waals surface area contributed by atoms with E-state index in [0.29, 0.717) is 13.1 Å². The molecule has 0 bridgehead atoms. The number of benzene rings is 1. The molecule has 1 aliphatic heterocycles. The van der Waals surface area contributed by atoms with Crippen LogP contribution in [-0.4, -0.2) is 50.4 Å². The van der Waals surface area contributed by atoms with E-state index in [2.05, 4.69) is 5.32 Å². The zero-order chi connectivity index (χ0) is 19.2. The molecule has 0 saturated carbocycles. The second-order valence-electron chi connectivity index (χ2n) is 6.70. The van der Waals surface area contributed by atoms with Gasteiger partial charge in [-0.3, -0.25) is 0 Å². The minimum Gasteiger partial charge on any atom is -0.382 e. The van der Waals surface area contributed by atoms with E-state index >= 15 is 0 Å². The maximum absolute atomic E-state index is 12.5. The molecule has 0 spiro atoms. The molecule has 0 radical (unpaired) electrons. The zero-order valence-electron chi connectivity index (χ0n) is 15.6. The summed E-state index contributed by atoms with van der Waals surface area (Å²) in [4.78, 5) is 14.2. The van der Waals surface area contributed by atoms with E-state index in [1.807, 2.05) is 19.9 Å². The summed E-state index contributed by atoms with van der Waals surface area (Å²) in [5, 5.41) is 2.90. The van der Waals surface area contributed by atoms with Gasteiger partial charge < -0.3 is 19.1 Å². The predicted molar refractivity (Wildman–Crippen MR) is 99.6 cm³/mol. The molecular formula is C18H28N2O5S. The largest absolute Gasteiger partial charge is 0.382 e. The molecule has 1 N–H and O–H groups in total. The van der Waals surface area contributed by atoms with Gasteiger partial charge in [-0.25, -0.2) is 4.79 Å². The smallest absolute Gasteiger partial charge is 0.317 e. The Bertz CT molecular complexity index is 699. The lowest BCUT2D eigenvalue weighted by molar-refractivity contribution is 0.0791. The Balaban J connectivity index is 2.11. The summed E-state index contributed by atoms with van der Waals surface area (Å²) < 4.78 is 34.0. The number of carbonyl (C=O) groups excluding carboxylic acids is 1. The Morgan fingerprint density at radius 1 is 1.42 bits per heavy atom. The lowest BCUT2D eigenvalue weighted by Gasteiger charge is -2.27. The number of urea groups is 1. The second-order valence-corrected chi connectivity index (χ2v) is 8.56. The number of nitrogens with one attached hydrogen (secondary N) is 1. The lowest BCUT2D eigenvalue weighted by Crippen LogP contribution is -2.45. The van der Waals surface area contributed by atoms with Crippen LogP contribution in [0, 0.1) is 0 Å². The van der Waals surface area contributed by atoms with Crippen LogP contribution in [0.4, 0.5) is 4.79 Å². The summed E-state index contributed by atoms with van der Waals surface area (Å²) in [6, 6.07) is 6.67. The molecule has 2 rings (SSSR count). The molecule has 2 amide bonds. The van der Waals surface area contributed by atoms with Crippen molar-refractivity contribution < 1.29 is 22.1 Å². The van der Waals surface area contributed by atoms with Crippen LogP contribution < -0.4 is 9.50 Å². The summed E-state index contributed by atoms with van der Waals surface area (Å²) in [7, 11) is -3.58. The van der Waals surface area contributed by atoms with Crippen molar-refractivity contribution in [1.29, 1.82) is 0 Å². The molecule has 0 aliphatic carbocycles. The molecule has 8 heteroatoms. The molecule has 1 aliphatic rings. The van der Waals surface area contributed by atoms with Crippen LogP contribution in [0.25, 0.3) is 0 Å². The normalized spacial score (nSPS) is 17.3. The van der Waals surface area contributed by atoms with Crippen molar-refractivity contribution in [2.45, 2.75) is 52.3 Å². The van der Waals surface area contributed by atoms with Gasteiger partial charge in [-0.05, 0) is 51.3 Å². The molecule has 0 unspecified atom stereocenters. The first-order valence-electron chi connectivity index (χ1n) is 8.97. The first kappa shape index (κ1) is 20.5. The van der Waals surface area contributed by atoms with Crippen molar-refractivity contribution in [1.82, 2.24) is 10.2 Å². The molecule has 1 heterocycles. The lowest BCUT2D eigenvalue weighted by atomic mass is 10.2. The number of hydrogen-bond donors (Lipinski definition) is 1. The molecule has 1 saturated heterocycles. The van der Waals surface area contributed by atoms with Crippen molar-refractivity contribution in [2.24, 2.45) is 0 Å². The van der Waals surface area contributed by atoms with Crippen LogP contribution in [0.15, 0.2) is 24.3 Å². The molecular weight excluding hydrogens is 356 g/mol. The Morgan fingerprint density at radius 2 is 2.19 bits per heavy atom. The van der Waals surface area contributed by atoms with E-state index in [-0.39, 0.29) is 29.7 Å². The number of ether oxygens (including phenoxy) is 1. The maximum Gasteiger partial charge on any atom is 0.317 e. The van der Waals surface area contributed by atoms with Crippen LogP contribution in [-0.2, 0) is 21.4 Å². The highest BCUT2D eigenvalue weighted by atomic mass is 32.2. The Kier molecular flexibility index (Phi) is 7.28. The van der Waals surface area contributed by atoms with Crippen molar-refractivity contribution >= 4 is 16.1 Å². The number of nitrogens with zero attached hydrogens (tertiary/aromatic N) is 1. The van der Waals surface area contributed by atoms with Crippen molar-refractivity contribution in [2.75, 3.05) is 18.9 Å². The maximum atomic E-state index is 12.5. The van der Waals surface area contributed by atoms with Gasteiger partial charge in [-0.2, -0.15) is 8.42 Å². The van der Waals surface area contributed by atoms with Gasteiger partial charge >= 0.3 is 16.1 Å². The van der Waals surface area contributed by atoms with Crippen molar-refractivity contribution in [3.63, 3.8) is 0 Å². The van der Waals surface area contributed by atoms with Gasteiger partial charge in [0.25, 0.3) is 0 Å². The van der Waals surface area contributed by atoms with E-state index in [9.17, 15) is 13.2 Å². The summed E-state index contributed by atoms with van der Waals surface area (Å²) in [5.41, 5.74) is 0.797. The third kappa shape index (κ3) is 6.49. The Morgan fingerprint density at radius 3 is 2.81 bits per heavy atom. The molecule has 0 aromatic heterocycles. The quantitative estimate of drug-likeness (QED) is 0.696. The summed E-state index contributed by atoms with van der Waals surface area (Å²) in [6.45, 7) is 6.92. The van der Waals surface area contributed by atoms with E-state index in [4.69, 9.17) is 8.92 Å². The van der Waals surface area contributed by atoms with Crippen molar-refractivity contribution in [3.8, 4) is 5.75 Å². The van der Waals surface area contributed by atoms with Gasteiger partial charge in [-0.15, -0.1) is 0 Å². The van der Waals surface area contributed by atoms with Gasteiger partial charge in [0, 0.05) is 25.7 Å². The monoisotopic (exact) mass is 384 g/mol. The highest BCUT2D eigenvalue weighted by molar-refractivity contribution is 7.87. The highest BCUT2D eigenvalue weighted by Crippen LogP contribution is 2.19. The summed E-state index contributed by atoms with van der Waals surface area (Å²) in [5.74, 6) is 0.157. The third-order valence-corrected chi connectivity index (χ3v) is 5.15. The molecule has 7 nitrogen and oxygen atoms in total. The topological polar surface area (TPSA) is 84.9 Å². The predicted octanol–water partition coefficient (Wildman–Crippen LogP) is 2.51. The van der Waals surface area contributed by atoms with Crippen LogP contribution in [0.5, 0.6) is 5.75 Å². The first-order valence-corrected chi connectivity index (χ1v) is 10.5. The minimum absolute atomic E-state index is 0.0267. The number of hydrogen-bond acceptors (Lipinski definition) is 5. The van der Waals surface area contributed by atoms with Gasteiger partial charge in [0.1, 0.15) is 5.75 Å². The molecule has 1 aromatic carbocycles. The fourth-order valence-corrected chi connectivity index (χ4v) is 3.23. The zero-order valence-corrected chi connectivity index (χ0v) is 16.4. The van der Waals surface area contributed by atoms with Crippen LogP contribution >= 0.6 is 0 Å². The number of amides is 2. The average molecular weight is 384 g/mol. The number of carbonyl (C=O) groups is 1. The second kappa shape index (κ2) is 9.23. The van der Waals surface area contributed by atoms with Crippen LogP contribution in [0.3, 0.4) is 0 Å². The van der Waals surface area contributed by atoms with Gasteiger partial charge in [-0.1, -0.05) is 12.1 Å². The molecule has 1 atom stereocenters. The van der Waals surface area contributed by atoms with E-state index < -0.39 is 10.1 Å². The van der Waals surface area contributed by atoms with E-state index in [0.717, 1.165) is 25.0 Å². The fraction of sp³-hybridized carbons (Fsp3) is 0.611. The van der Waals surface area contributed by atoms with E-state index in [1.165, 1.54) is 6.92 Å². The molecule has 26 heavy (non-hydrogen) atoms. The van der Waals surface area contributed by atoms with Gasteiger partial charge in [0.2, 0.25) is 0 Å². The Labute approximate surface area is 155 Å².